The minimum absolute atomic E-state index is 0. The van der Waals surface area contributed by atoms with Crippen molar-refractivity contribution in [1.29, 1.82) is 0 Å². The van der Waals surface area contributed by atoms with Crippen LogP contribution >= 0.6 is 12.4 Å². The Balaban J connectivity index is 0.00000400. The van der Waals surface area contributed by atoms with Crippen LogP contribution in [0.1, 0.15) is 38.5 Å². The molecule has 0 aliphatic heterocycles. The third-order valence-electron chi connectivity index (χ3n) is 3.85. The minimum atomic E-state index is -0.731. The smallest absolute Gasteiger partial charge is 0.242 e. The van der Waals surface area contributed by atoms with Gasteiger partial charge in [-0.1, -0.05) is 32.1 Å². The van der Waals surface area contributed by atoms with Crippen LogP contribution in [-0.4, -0.2) is 49.6 Å². The van der Waals surface area contributed by atoms with Crippen molar-refractivity contribution in [2.75, 3.05) is 26.8 Å². The van der Waals surface area contributed by atoms with Crippen LogP contribution in [0.5, 0.6) is 0 Å². The molecule has 1 atom stereocenters. The van der Waals surface area contributed by atoms with Gasteiger partial charge in [0.25, 0.3) is 0 Å². The summed E-state index contributed by atoms with van der Waals surface area (Å²) in [5.41, 5.74) is 11.0. The molecule has 0 bridgehead atoms. The van der Waals surface area contributed by atoms with E-state index in [1.165, 1.54) is 44.1 Å². The molecule has 2 amide bonds. The van der Waals surface area contributed by atoms with E-state index in [9.17, 15) is 9.59 Å². The quantitative estimate of drug-likeness (QED) is 0.686. The summed E-state index contributed by atoms with van der Waals surface area (Å²) in [5, 5.41) is 0. The molecule has 0 radical (unpaired) electrons. The largest absolute Gasteiger partial charge is 0.383 e. The van der Waals surface area contributed by atoms with Crippen molar-refractivity contribution >= 4 is 24.2 Å². The maximum absolute atomic E-state index is 12.2. The molecule has 0 spiro atoms. The second-order valence-electron chi connectivity index (χ2n) is 5.58. The van der Waals surface area contributed by atoms with Gasteiger partial charge in [0.05, 0.1) is 13.2 Å². The second kappa shape index (κ2) is 10.8. The van der Waals surface area contributed by atoms with Crippen LogP contribution in [0, 0.1) is 5.92 Å². The van der Waals surface area contributed by atoms with Crippen molar-refractivity contribution in [3.8, 4) is 0 Å². The molecule has 1 saturated carbocycles. The molecule has 1 rings (SSSR count). The fraction of sp³-hybridized carbons (Fsp3) is 0.857. The zero-order valence-corrected chi connectivity index (χ0v) is 13.6. The molecule has 124 valence electrons. The molecule has 0 aromatic heterocycles. The highest BCUT2D eigenvalue weighted by molar-refractivity contribution is 5.86. The summed E-state index contributed by atoms with van der Waals surface area (Å²) in [6.45, 7) is 0.629. The predicted octanol–water partition coefficient (Wildman–Crippen LogP) is 0.666. The lowest BCUT2D eigenvalue weighted by Gasteiger charge is -2.28. The molecule has 0 aromatic rings. The van der Waals surface area contributed by atoms with E-state index in [1.807, 2.05) is 0 Å². The Morgan fingerprint density at radius 2 is 1.90 bits per heavy atom. The number of rotatable bonds is 8. The van der Waals surface area contributed by atoms with Gasteiger partial charge in [0, 0.05) is 13.7 Å². The summed E-state index contributed by atoms with van der Waals surface area (Å²) in [4.78, 5) is 24.7. The Morgan fingerprint density at radius 1 is 1.29 bits per heavy atom. The number of ether oxygens (including phenoxy) is 1. The monoisotopic (exact) mass is 321 g/mol. The molecule has 4 N–H and O–H groups in total. The molecule has 7 heteroatoms. The van der Waals surface area contributed by atoms with Gasteiger partial charge in [0.2, 0.25) is 11.8 Å². The lowest BCUT2D eigenvalue weighted by molar-refractivity contribution is -0.137. The van der Waals surface area contributed by atoms with Crippen LogP contribution < -0.4 is 11.5 Å². The second-order valence-corrected chi connectivity index (χ2v) is 5.58. The summed E-state index contributed by atoms with van der Waals surface area (Å²) in [5.74, 6) is -0.126. The molecule has 0 aromatic carbocycles. The fourth-order valence-corrected chi connectivity index (χ4v) is 2.75. The number of primary amides is 1. The zero-order chi connectivity index (χ0) is 15.0. The van der Waals surface area contributed by atoms with Crippen molar-refractivity contribution in [1.82, 2.24) is 4.90 Å². The van der Waals surface area contributed by atoms with Gasteiger partial charge in [-0.3, -0.25) is 9.59 Å². The maximum atomic E-state index is 12.2. The van der Waals surface area contributed by atoms with Crippen molar-refractivity contribution in [3.63, 3.8) is 0 Å². The van der Waals surface area contributed by atoms with Gasteiger partial charge in [0.1, 0.15) is 6.04 Å². The van der Waals surface area contributed by atoms with E-state index in [-0.39, 0.29) is 31.5 Å². The van der Waals surface area contributed by atoms with Gasteiger partial charge in [-0.25, -0.2) is 0 Å². The predicted molar refractivity (Wildman–Crippen MR) is 84.1 cm³/mol. The van der Waals surface area contributed by atoms with E-state index in [0.717, 1.165) is 6.42 Å². The minimum Gasteiger partial charge on any atom is -0.383 e. The van der Waals surface area contributed by atoms with Gasteiger partial charge in [0.15, 0.2) is 0 Å². The number of carbonyl (C=O) groups is 2. The lowest BCUT2D eigenvalue weighted by Crippen LogP contribution is -2.49. The Kier molecular flexibility index (Phi) is 10.4. The number of nitrogens with two attached hydrogens (primary N) is 2. The topological polar surface area (TPSA) is 98.7 Å². The van der Waals surface area contributed by atoms with E-state index < -0.39 is 11.9 Å². The summed E-state index contributed by atoms with van der Waals surface area (Å²) < 4.78 is 4.89. The van der Waals surface area contributed by atoms with Crippen LogP contribution in [0.25, 0.3) is 0 Å². The molecule has 1 aliphatic rings. The van der Waals surface area contributed by atoms with Crippen LogP contribution in [0.2, 0.25) is 0 Å². The molecule has 21 heavy (non-hydrogen) atoms. The molecular weight excluding hydrogens is 294 g/mol. The van der Waals surface area contributed by atoms with Crippen LogP contribution in [0.3, 0.4) is 0 Å². The van der Waals surface area contributed by atoms with Gasteiger partial charge < -0.3 is 21.1 Å². The highest BCUT2D eigenvalue weighted by atomic mass is 35.5. The Labute approximate surface area is 133 Å². The van der Waals surface area contributed by atoms with Gasteiger partial charge in [-0.2, -0.15) is 0 Å². The number of hydrogen-bond donors (Lipinski definition) is 2. The van der Waals surface area contributed by atoms with Crippen LogP contribution in [-0.2, 0) is 14.3 Å². The number of nitrogens with zero attached hydrogens (tertiary/aromatic N) is 1. The van der Waals surface area contributed by atoms with Gasteiger partial charge in [-0.05, 0) is 12.3 Å². The standard InChI is InChI=1S/C14H27N3O3.ClH/c1-20-10-12(15)14(19)17(9-13(16)18)8-7-11-5-3-2-4-6-11;/h11-12H,2-10,15H2,1H3,(H2,16,18);1H. The third-order valence-corrected chi connectivity index (χ3v) is 3.85. The van der Waals surface area contributed by atoms with Crippen molar-refractivity contribution in [2.45, 2.75) is 44.6 Å². The third kappa shape index (κ3) is 7.64. The van der Waals surface area contributed by atoms with Crippen molar-refractivity contribution in [3.05, 3.63) is 0 Å². The summed E-state index contributed by atoms with van der Waals surface area (Å²) in [6, 6.07) is -0.731. The first-order valence-electron chi connectivity index (χ1n) is 7.36. The Bertz CT molecular complexity index is 323. The highest BCUT2D eigenvalue weighted by Gasteiger charge is 2.23. The number of amides is 2. The highest BCUT2D eigenvalue weighted by Crippen LogP contribution is 2.26. The number of methoxy groups -OCH3 is 1. The number of carbonyl (C=O) groups excluding carboxylic acids is 2. The van der Waals surface area contributed by atoms with Gasteiger partial charge >= 0.3 is 0 Å². The molecule has 6 nitrogen and oxygen atoms in total. The number of halogens is 1. The van der Waals surface area contributed by atoms with Crippen molar-refractivity contribution in [2.24, 2.45) is 17.4 Å². The normalized spacial score (nSPS) is 16.9. The van der Waals surface area contributed by atoms with Gasteiger partial charge in [-0.15, -0.1) is 12.4 Å². The van der Waals surface area contributed by atoms with Crippen molar-refractivity contribution < 1.29 is 14.3 Å². The molecule has 0 heterocycles. The molecule has 1 fully saturated rings. The molecule has 0 saturated heterocycles. The lowest BCUT2D eigenvalue weighted by atomic mass is 9.87. The summed E-state index contributed by atoms with van der Waals surface area (Å²) in [7, 11) is 1.49. The first kappa shape index (κ1) is 20.1. The van der Waals surface area contributed by atoms with E-state index in [0.29, 0.717) is 12.5 Å². The average molecular weight is 322 g/mol. The SMILES string of the molecule is COCC(N)C(=O)N(CCC1CCCCC1)CC(N)=O.Cl. The Morgan fingerprint density at radius 3 is 2.43 bits per heavy atom. The summed E-state index contributed by atoms with van der Waals surface area (Å²) in [6.07, 6.45) is 7.17. The van der Waals surface area contributed by atoms with Crippen LogP contribution in [0.15, 0.2) is 0 Å². The van der Waals surface area contributed by atoms with E-state index in [1.54, 1.807) is 0 Å². The van der Waals surface area contributed by atoms with E-state index >= 15 is 0 Å². The zero-order valence-electron chi connectivity index (χ0n) is 12.8. The first-order chi connectivity index (χ1) is 9.54. The van der Waals surface area contributed by atoms with E-state index in [2.05, 4.69) is 0 Å². The average Bonchev–Trinajstić information content (AvgIpc) is 2.43. The maximum Gasteiger partial charge on any atom is 0.242 e. The summed E-state index contributed by atoms with van der Waals surface area (Å²) >= 11 is 0. The number of hydrogen-bond acceptors (Lipinski definition) is 4. The van der Waals surface area contributed by atoms with E-state index in [4.69, 9.17) is 16.2 Å². The first-order valence-corrected chi connectivity index (χ1v) is 7.36. The molecular formula is C14H28ClN3O3. The molecule has 1 aliphatic carbocycles. The van der Waals surface area contributed by atoms with Crippen LogP contribution in [0.4, 0.5) is 0 Å². The Hall–Kier alpha value is -0.850. The molecule has 1 unspecified atom stereocenters. The fourth-order valence-electron chi connectivity index (χ4n) is 2.75.